The maximum atomic E-state index is 11.9. The Morgan fingerprint density at radius 1 is 1.41 bits per heavy atom. The number of nitrogens with one attached hydrogen (secondary N) is 1. The molecule has 2 N–H and O–H groups in total. The van der Waals surface area contributed by atoms with E-state index in [9.17, 15) is 9.90 Å². The zero-order chi connectivity index (χ0) is 12.4. The second kappa shape index (κ2) is 4.50. The highest BCUT2D eigenvalue weighted by Gasteiger charge is 2.14. The largest absolute Gasteiger partial charge is 0.508 e. The van der Waals surface area contributed by atoms with Gasteiger partial charge in [0.2, 0.25) is 0 Å². The Bertz CT molecular complexity index is 566. The number of hydrogen-bond acceptors (Lipinski definition) is 5. The Hall–Kier alpha value is -1.95. The molecule has 5 nitrogen and oxygen atoms in total. The molecule has 1 aromatic carbocycles. The zero-order valence-corrected chi connectivity index (χ0v) is 10.2. The van der Waals surface area contributed by atoms with Crippen LogP contribution in [0.25, 0.3) is 0 Å². The highest BCUT2D eigenvalue weighted by molar-refractivity contribution is 7.08. The number of carbonyl (C=O) groups is 1. The number of carbonyl (C=O) groups excluding carboxylic acids is 1. The molecule has 0 atom stereocenters. The quantitative estimate of drug-likeness (QED) is 0.854. The maximum Gasteiger partial charge on any atom is 0.269 e. The number of nitrogens with zero attached hydrogens (tertiary/aromatic N) is 2. The highest BCUT2D eigenvalue weighted by Crippen LogP contribution is 2.24. The van der Waals surface area contributed by atoms with Crippen LogP contribution in [0, 0.1) is 13.8 Å². The molecule has 6 heteroatoms. The lowest BCUT2D eigenvalue weighted by Gasteiger charge is -2.08. The third-order valence-corrected chi connectivity index (χ3v) is 3.24. The number of aromatic nitrogens is 2. The lowest BCUT2D eigenvalue weighted by atomic mass is 10.2. The summed E-state index contributed by atoms with van der Waals surface area (Å²) in [5.74, 6) is -0.104. The highest BCUT2D eigenvalue weighted by atomic mass is 32.1. The van der Waals surface area contributed by atoms with Crippen LogP contribution in [0.1, 0.15) is 20.9 Å². The number of benzene rings is 1. The molecule has 0 bridgehead atoms. The second-order valence-electron chi connectivity index (χ2n) is 3.59. The number of aromatic hydroxyl groups is 1. The zero-order valence-electron chi connectivity index (χ0n) is 9.39. The molecule has 0 aliphatic rings. The van der Waals surface area contributed by atoms with Crippen LogP contribution in [0.4, 0.5) is 5.69 Å². The van der Waals surface area contributed by atoms with Gasteiger partial charge in [-0.2, -0.15) is 0 Å². The van der Waals surface area contributed by atoms with Gasteiger partial charge in [-0.05, 0) is 37.5 Å². The smallest absolute Gasteiger partial charge is 0.269 e. The summed E-state index contributed by atoms with van der Waals surface area (Å²) >= 11 is 1.05. The molecule has 0 fully saturated rings. The van der Waals surface area contributed by atoms with Crippen LogP contribution in [0.3, 0.4) is 0 Å². The minimum absolute atomic E-state index is 0.155. The monoisotopic (exact) mass is 249 g/mol. The van der Waals surface area contributed by atoms with E-state index in [1.54, 1.807) is 32.0 Å². The molecule has 0 saturated heterocycles. The van der Waals surface area contributed by atoms with E-state index in [0.29, 0.717) is 21.8 Å². The number of anilines is 1. The number of aryl methyl sites for hydroxylation is 1. The van der Waals surface area contributed by atoms with E-state index in [0.717, 1.165) is 11.5 Å². The van der Waals surface area contributed by atoms with Crippen molar-refractivity contribution in [3.8, 4) is 5.75 Å². The maximum absolute atomic E-state index is 11.9. The third kappa shape index (κ3) is 2.26. The van der Waals surface area contributed by atoms with Gasteiger partial charge < -0.3 is 10.4 Å². The van der Waals surface area contributed by atoms with E-state index in [2.05, 4.69) is 14.9 Å². The molecule has 2 rings (SSSR count). The van der Waals surface area contributed by atoms with Gasteiger partial charge >= 0.3 is 0 Å². The minimum Gasteiger partial charge on any atom is -0.508 e. The summed E-state index contributed by atoms with van der Waals surface area (Å²) in [6.45, 7) is 3.47. The molecule has 17 heavy (non-hydrogen) atoms. The van der Waals surface area contributed by atoms with Crippen molar-refractivity contribution in [3.05, 3.63) is 34.3 Å². The van der Waals surface area contributed by atoms with Crippen molar-refractivity contribution >= 4 is 23.1 Å². The first-order chi connectivity index (χ1) is 8.09. The van der Waals surface area contributed by atoms with Gasteiger partial charge in [0.25, 0.3) is 5.91 Å². The van der Waals surface area contributed by atoms with Crippen molar-refractivity contribution in [2.24, 2.45) is 0 Å². The first-order valence-electron chi connectivity index (χ1n) is 4.98. The fourth-order valence-corrected chi connectivity index (χ4v) is 1.93. The van der Waals surface area contributed by atoms with Crippen molar-refractivity contribution in [2.75, 3.05) is 5.32 Å². The van der Waals surface area contributed by atoms with Crippen LogP contribution >= 0.6 is 11.5 Å². The van der Waals surface area contributed by atoms with Crippen molar-refractivity contribution in [2.45, 2.75) is 13.8 Å². The molecule has 0 radical (unpaired) electrons. The second-order valence-corrected chi connectivity index (χ2v) is 4.35. The summed E-state index contributed by atoms with van der Waals surface area (Å²) in [6.07, 6.45) is 0. The Kier molecular flexibility index (Phi) is 3.06. The van der Waals surface area contributed by atoms with Gasteiger partial charge in [0.15, 0.2) is 0 Å². The molecule has 1 aromatic heterocycles. The minimum atomic E-state index is -0.258. The molecule has 2 aromatic rings. The molecule has 0 aliphatic carbocycles. The van der Waals surface area contributed by atoms with E-state index < -0.39 is 0 Å². The average Bonchev–Trinajstić information content (AvgIpc) is 2.71. The van der Waals surface area contributed by atoms with Crippen molar-refractivity contribution in [3.63, 3.8) is 0 Å². The number of rotatable bonds is 2. The topological polar surface area (TPSA) is 75.1 Å². The molecule has 0 unspecified atom stereocenters. The summed E-state index contributed by atoms with van der Waals surface area (Å²) in [5, 5.41) is 16.0. The summed E-state index contributed by atoms with van der Waals surface area (Å²) in [5.41, 5.74) is 1.82. The Morgan fingerprint density at radius 3 is 2.82 bits per heavy atom. The molecule has 0 aliphatic heterocycles. The lowest BCUT2D eigenvalue weighted by molar-refractivity contribution is 0.102. The van der Waals surface area contributed by atoms with Gasteiger partial charge in [-0.25, -0.2) is 0 Å². The van der Waals surface area contributed by atoms with Crippen LogP contribution in [-0.2, 0) is 0 Å². The van der Waals surface area contributed by atoms with Crippen molar-refractivity contribution in [1.29, 1.82) is 0 Å². The fourth-order valence-electron chi connectivity index (χ4n) is 1.38. The van der Waals surface area contributed by atoms with Gasteiger partial charge in [-0.15, -0.1) is 5.10 Å². The first kappa shape index (κ1) is 11.5. The fraction of sp³-hybridized carbons (Fsp3) is 0.182. The van der Waals surface area contributed by atoms with Crippen molar-refractivity contribution in [1.82, 2.24) is 9.59 Å². The summed E-state index contributed by atoms with van der Waals surface area (Å²) < 4.78 is 3.71. The number of phenolic OH excluding ortho intramolecular Hbond substituents is 1. The average molecular weight is 249 g/mol. The Labute approximate surface area is 102 Å². The summed E-state index contributed by atoms with van der Waals surface area (Å²) in [4.78, 5) is 12.4. The molecule has 1 amide bonds. The van der Waals surface area contributed by atoms with Crippen molar-refractivity contribution < 1.29 is 9.90 Å². The number of hydrogen-bond donors (Lipinski definition) is 2. The van der Waals surface area contributed by atoms with Gasteiger partial charge in [-0.3, -0.25) is 4.79 Å². The summed E-state index contributed by atoms with van der Waals surface area (Å²) in [6, 6.07) is 4.98. The van der Waals surface area contributed by atoms with E-state index in [4.69, 9.17) is 0 Å². The predicted octanol–water partition coefficient (Wildman–Crippen LogP) is 2.11. The number of amides is 1. The van der Waals surface area contributed by atoms with E-state index in [1.807, 2.05) is 0 Å². The lowest BCUT2D eigenvalue weighted by Crippen LogP contribution is -2.12. The van der Waals surface area contributed by atoms with Crippen LogP contribution in [0.5, 0.6) is 5.75 Å². The van der Waals surface area contributed by atoms with Crippen LogP contribution in [0.15, 0.2) is 18.2 Å². The van der Waals surface area contributed by atoms with Gasteiger partial charge in [0.05, 0.1) is 5.69 Å². The molecular formula is C11H11N3O2S. The third-order valence-electron chi connectivity index (χ3n) is 2.41. The normalized spacial score (nSPS) is 10.2. The van der Waals surface area contributed by atoms with Gasteiger partial charge in [0, 0.05) is 11.3 Å². The Morgan fingerprint density at radius 2 is 2.18 bits per heavy atom. The Balaban J connectivity index is 2.25. The van der Waals surface area contributed by atoms with Crippen LogP contribution in [0.2, 0.25) is 0 Å². The predicted molar refractivity (Wildman–Crippen MR) is 65.4 cm³/mol. The molecular weight excluding hydrogens is 238 g/mol. The number of phenols is 1. The van der Waals surface area contributed by atoms with Gasteiger partial charge in [0.1, 0.15) is 10.6 Å². The van der Waals surface area contributed by atoms with E-state index >= 15 is 0 Å². The molecule has 1 heterocycles. The summed E-state index contributed by atoms with van der Waals surface area (Å²) in [7, 11) is 0. The standard InChI is InChI=1S/C11H11N3O2S/c1-6-8(4-3-5-9(6)15)12-11(16)10-7(2)13-14-17-10/h3-5,15H,1-2H3,(H,12,16). The van der Waals surface area contributed by atoms with Gasteiger partial charge in [-0.1, -0.05) is 10.6 Å². The molecule has 0 saturated carbocycles. The molecule has 0 spiro atoms. The van der Waals surface area contributed by atoms with E-state index in [1.165, 1.54) is 0 Å². The first-order valence-corrected chi connectivity index (χ1v) is 5.76. The van der Waals surface area contributed by atoms with Crippen LogP contribution in [-0.4, -0.2) is 20.6 Å². The SMILES string of the molecule is Cc1nnsc1C(=O)Nc1cccc(O)c1C. The van der Waals surface area contributed by atoms with E-state index in [-0.39, 0.29) is 11.7 Å². The van der Waals surface area contributed by atoms with Crippen LogP contribution < -0.4 is 5.32 Å². The molecule has 88 valence electrons.